The summed E-state index contributed by atoms with van der Waals surface area (Å²) >= 11 is 6.50. The third kappa shape index (κ3) is 3.62. The van der Waals surface area contributed by atoms with Crippen molar-refractivity contribution in [1.29, 1.82) is 0 Å². The maximum absolute atomic E-state index is 12.3. The van der Waals surface area contributed by atoms with E-state index in [0.717, 1.165) is 15.7 Å². The topological polar surface area (TPSA) is 162 Å². The zero-order valence-corrected chi connectivity index (χ0v) is 17.4. The van der Waals surface area contributed by atoms with E-state index in [2.05, 4.69) is 36.8 Å². The van der Waals surface area contributed by atoms with E-state index in [4.69, 9.17) is 4.74 Å². The van der Waals surface area contributed by atoms with E-state index in [9.17, 15) is 34.5 Å². The molecule has 2 amide bonds. The minimum Gasteiger partial charge on any atom is -0.394 e. The maximum atomic E-state index is 12.3. The summed E-state index contributed by atoms with van der Waals surface area (Å²) in [5.74, 6) is -0.797. The number of halogens is 2. The van der Waals surface area contributed by atoms with Crippen molar-refractivity contribution in [3.8, 4) is 0 Å². The Hall–Kier alpha value is -1.38. The van der Waals surface area contributed by atoms with E-state index < -0.39 is 64.0 Å². The van der Waals surface area contributed by atoms with E-state index in [1.54, 1.807) is 0 Å². The minimum absolute atomic E-state index is 0.0216. The van der Waals surface area contributed by atoms with E-state index in [1.807, 2.05) is 0 Å². The highest BCUT2D eigenvalue weighted by Crippen LogP contribution is 2.35. The number of carbonyl (C=O) groups excluding carboxylic acids is 2. The number of aromatic nitrogens is 2. The smallest absolute Gasteiger partial charge is 0.330 e. The van der Waals surface area contributed by atoms with Crippen LogP contribution >= 0.6 is 31.9 Å². The summed E-state index contributed by atoms with van der Waals surface area (Å²) in [6, 6.07) is 0. The van der Waals surface area contributed by atoms with Gasteiger partial charge in [0.1, 0.15) is 23.3 Å². The molecule has 2 aliphatic heterocycles. The van der Waals surface area contributed by atoms with Crippen molar-refractivity contribution in [3.05, 3.63) is 32.6 Å². The van der Waals surface area contributed by atoms with Crippen LogP contribution in [0.25, 0.3) is 0 Å². The molecule has 3 rings (SSSR count). The largest absolute Gasteiger partial charge is 0.394 e. The normalized spacial score (nSPS) is 30.1. The van der Waals surface area contributed by atoms with Crippen molar-refractivity contribution in [3.63, 3.8) is 0 Å². The molecule has 0 aromatic carbocycles. The fourth-order valence-corrected chi connectivity index (χ4v) is 4.45. The maximum Gasteiger partial charge on any atom is 0.330 e. The minimum atomic E-state index is -1.52. The molecule has 0 saturated carbocycles. The Bertz CT molecular complexity index is 886. The number of aliphatic hydroxyl groups excluding tert-OH is 3. The molecule has 4 N–H and O–H groups in total. The molecule has 0 spiro atoms. The van der Waals surface area contributed by atoms with Crippen molar-refractivity contribution in [2.45, 2.75) is 47.2 Å². The van der Waals surface area contributed by atoms with Gasteiger partial charge in [0.15, 0.2) is 6.23 Å². The van der Waals surface area contributed by atoms with Crippen molar-refractivity contribution in [2.75, 3.05) is 6.61 Å². The molecule has 3 heterocycles. The van der Waals surface area contributed by atoms with Crippen LogP contribution in [0, 0.1) is 0 Å². The second kappa shape index (κ2) is 8.16. The van der Waals surface area contributed by atoms with E-state index in [0.29, 0.717) is 0 Å². The lowest BCUT2D eigenvalue weighted by Crippen LogP contribution is -2.42. The number of nitrogens with one attached hydrogen (secondary N) is 1. The van der Waals surface area contributed by atoms with Gasteiger partial charge in [0, 0.05) is 19.0 Å². The fraction of sp³-hybridized carbons (Fsp3) is 0.600. The van der Waals surface area contributed by atoms with Gasteiger partial charge in [-0.3, -0.25) is 28.8 Å². The summed E-state index contributed by atoms with van der Waals surface area (Å²) in [4.78, 5) is 49.7. The number of alkyl halides is 2. The lowest BCUT2D eigenvalue weighted by atomic mass is 10.1. The lowest BCUT2D eigenvalue weighted by Gasteiger charge is -2.26. The average molecular weight is 527 g/mol. The Balaban J connectivity index is 1.96. The molecule has 0 aliphatic carbocycles. The predicted octanol–water partition coefficient (Wildman–Crippen LogP) is -1.55. The first-order chi connectivity index (χ1) is 13.2. The highest BCUT2D eigenvalue weighted by molar-refractivity contribution is 9.12. The summed E-state index contributed by atoms with van der Waals surface area (Å²) in [5.41, 5.74) is -1.69. The molecule has 5 unspecified atom stereocenters. The molecule has 2 aliphatic rings. The molecule has 154 valence electrons. The quantitative estimate of drug-likeness (QED) is 0.204. The highest BCUT2D eigenvalue weighted by atomic mass is 79.9. The number of likely N-dealkylation sites (tertiary alicyclic amines) is 1. The zero-order chi connectivity index (χ0) is 20.7. The van der Waals surface area contributed by atoms with Crippen LogP contribution in [-0.4, -0.2) is 71.5 Å². The molecule has 11 nitrogen and oxygen atoms in total. The lowest BCUT2D eigenvalue weighted by molar-refractivity contribution is -0.138. The second-order valence-corrected chi connectivity index (χ2v) is 8.34. The van der Waals surface area contributed by atoms with Crippen molar-refractivity contribution in [1.82, 2.24) is 14.5 Å². The Kier molecular flexibility index (Phi) is 6.22. The molecule has 0 radical (unpaired) electrons. The molecule has 2 fully saturated rings. The Morgan fingerprint density at radius 3 is 2.29 bits per heavy atom. The Morgan fingerprint density at radius 1 is 1.14 bits per heavy atom. The van der Waals surface area contributed by atoms with Gasteiger partial charge in [-0.15, -0.1) is 0 Å². The van der Waals surface area contributed by atoms with Crippen molar-refractivity contribution in [2.24, 2.45) is 0 Å². The van der Waals surface area contributed by atoms with Crippen LogP contribution in [0.1, 0.15) is 29.5 Å². The monoisotopic (exact) mass is 525 g/mol. The van der Waals surface area contributed by atoms with Gasteiger partial charge in [-0.25, -0.2) is 4.79 Å². The molecule has 28 heavy (non-hydrogen) atoms. The van der Waals surface area contributed by atoms with Gasteiger partial charge in [0.2, 0.25) is 11.8 Å². The van der Waals surface area contributed by atoms with Crippen molar-refractivity contribution < 1.29 is 29.6 Å². The van der Waals surface area contributed by atoms with E-state index in [-0.39, 0.29) is 18.4 Å². The summed E-state index contributed by atoms with van der Waals surface area (Å²) in [7, 11) is 0. The van der Waals surface area contributed by atoms with Gasteiger partial charge >= 0.3 is 5.69 Å². The first-order valence-corrected chi connectivity index (χ1v) is 10.1. The number of nitrogens with zero attached hydrogens (tertiary/aromatic N) is 2. The molecular formula is C15H17Br2N3O8. The third-order valence-corrected chi connectivity index (χ3v) is 7.30. The van der Waals surface area contributed by atoms with Crippen LogP contribution in [-0.2, 0) is 14.3 Å². The van der Waals surface area contributed by atoms with Crippen LogP contribution in [0.2, 0.25) is 0 Å². The van der Waals surface area contributed by atoms with Crippen LogP contribution < -0.4 is 11.2 Å². The fourth-order valence-electron chi connectivity index (χ4n) is 3.14. The van der Waals surface area contributed by atoms with Gasteiger partial charge in [-0.05, 0) is 0 Å². The Labute approximate surface area is 174 Å². The number of H-pyrrole nitrogens is 1. The number of imide groups is 1. The number of carbonyl (C=O) groups is 2. The summed E-state index contributed by atoms with van der Waals surface area (Å²) in [6.07, 6.45) is -4.16. The second-order valence-electron chi connectivity index (χ2n) is 6.41. The predicted molar refractivity (Wildman–Crippen MR) is 99.8 cm³/mol. The number of rotatable bonds is 5. The molecule has 1 aromatic rings. The first kappa shape index (κ1) is 21.3. The molecule has 6 atom stereocenters. The van der Waals surface area contributed by atoms with Crippen molar-refractivity contribution >= 4 is 43.7 Å². The summed E-state index contributed by atoms with van der Waals surface area (Å²) in [6.45, 7) is -0.580. The first-order valence-electron chi connectivity index (χ1n) is 8.28. The van der Waals surface area contributed by atoms with Gasteiger partial charge in [0.25, 0.3) is 5.56 Å². The molecular weight excluding hydrogens is 510 g/mol. The molecule has 0 bridgehead atoms. The SMILES string of the molecule is O=C1CCC(=O)N1C(Br)C(Br)c1cn([C@@H]2OC(CO)C(O)C2O)c(=O)[nH]c1=O. The number of aromatic amines is 1. The number of aliphatic hydroxyl groups is 3. The molecule has 2 saturated heterocycles. The highest BCUT2D eigenvalue weighted by Gasteiger charge is 2.44. The van der Waals surface area contributed by atoms with Gasteiger partial charge in [-0.1, -0.05) is 31.9 Å². The van der Waals surface area contributed by atoms with Crippen LogP contribution in [0.15, 0.2) is 15.8 Å². The number of hydrogen-bond donors (Lipinski definition) is 4. The van der Waals surface area contributed by atoms with Crippen LogP contribution in [0.4, 0.5) is 0 Å². The summed E-state index contributed by atoms with van der Waals surface area (Å²) in [5, 5.41) is 29.2. The van der Waals surface area contributed by atoms with E-state index in [1.165, 1.54) is 0 Å². The van der Waals surface area contributed by atoms with Crippen LogP contribution in [0.5, 0.6) is 0 Å². The van der Waals surface area contributed by atoms with Gasteiger partial charge < -0.3 is 20.1 Å². The average Bonchev–Trinajstić information content (AvgIpc) is 3.13. The number of amides is 2. The van der Waals surface area contributed by atoms with Crippen LogP contribution in [0.3, 0.4) is 0 Å². The summed E-state index contributed by atoms with van der Waals surface area (Å²) < 4.78 is 6.19. The van der Waals surface area contributed by atoms with E-state index >= 15 is 0 Å². The standard InChI is InChI=1S/C15H17Br2N3O8/c16-9(12(17)20-7(22)1-2-8(20)23)5-3-19(15(27)18-13(5)26)14-11(25)10(24)6(4-21)28-14/h3,6,9-12,14,21,24-25H,1-2,4H2,(H,18,26,27)/t6?,9?,10?,11?,12?,14-/m1/s1. The molecule has 13 heteroatoms. The number of ether oxygens (including phenoxy) is 1. The number of hydrogen-bond acceptors (Lipinski definition) is 8. The molecule has 1 aromatic heterocycles. The van der Waals surface area contributed by atoms with Gasteiger partial charge in [-0.2, -0.15) is 0 Å². The zero-order valence-electron chi connectivity index (χ0n) is 14.2. The van der Waals surface area contributed by atoms with Gasteiger partial charge in [0.05, 0.1) is 17.0 Å². The third-order valence-electron chi connectivity index (χ3n) is 4.66. The Morgan fingerprint density at radius 2 is 1.75 bits per heavy atom.